The van der Waals surface area contributed by atoms with Crippen LogP contribution in [0.15, 0.2) is 6.07 Å². The molecule has 2 rings (SSSR count). The van der Waals surface area contributed by atoms with Crippen LogP contribution < -0.4 is 0 Å². The zero-order valence-corrected chi connectivity index (χ0v) is 8.58. The molecule has 0 unspecified atom stereocenters. The van der Waals surface area contributed by atoms with Crippen molar-refractivity contribution in [2.24, 2.45) is 0 Å². The molecule has 7 heteroatoms. The molecule has 2 aromatic rings. The first-order valence-corrected chi connectivity index (χ1v) is 4.64. The number of hydrogen-bond donors (Lipinski definition) is 1. The number of carbonyl (C=O) groups is 1. The molecule has 6 nitrogen and oxygen atoms in total. The Labute approximate surface area is 89.6 Å². The number of halogens is 1. The number of nitrogens with one attached hydrogen (secondary N) is 1. The van der Waals surface area contributed by atoms with E-state index in [1.165, 1.54) is 6.07 Å². The first-order chi connectivity index (χ1) is 7.20. The van der Waals surface area contributed by atoms with Crippen molar-refractivity contribution in [2.75, 3.05) is 6.61 Å². The van der Waals surface area contributed by atoms with Gasteiger partial charge in [-0.1, -0.05) is 0 Å². The van der Waals surface area contributed by atoms with Crippen LogP contribution in [0.2, 0.25) is 5.28 Å². The van der Waals surface area contributed by atoms with E-state index in [-0.39, 0.29) is 11.0 Å². The van der Waals surface area contributed by atoms with Gasteiger partial charge in [-0.25, -0.2) is 9.78 Å². The molecule has 0 aliphatic heterocycles. The lowest BCUT2D eigenvalue weighted by molar-refractivity contribution is 0.0520. The predicted molar refractivity (Wildman–Crippen MR) is 52.7 cm³/mol. The minimum Gasteiger partial charge on any atom is -0.461 e. The van der Waals surface area contributed by atoms with E-state index < -0.39 is 5.97 Å². The molecule has 0 bridgehead atoms. The van der Waals surface area contributed by atoms with Crippen molar-refractivity contribution in [1.82, 2.24) is 20.2 Å². The lowest BCUT2D eigenvalue weighted by Gasteiger charge is -1.96. The van der Waals surface area contributed by atoms with Gasteiger partial charge in [-0.15, -0.1) is 10.2 Å². The maximum absolute atomic E-state index is 11.3. The number of aromatic nitrogens is 4. The maximum Gasteiger partial charge on any atom is 0.354 e. The number of carbonyl (C=O) groups excluding carboxylic acids is 1. The van der Waals surface area contributed by atoms with Gasteiger partial charge in [0.05, 0.1) is 6.61 Å². The van der Waals surface area contributed by atoms with Crippen LogP contribution in [0.3, 0.4) is 0 Å². The van der Waals surface area contributed by atoms with Gasteiger partial charge >= 0.3 is 5.97 Å². The second-order valence-electron chi connectivity index (χ2n) is 2.72. The van der Waals surface area contributed by atoms with E-state index in [1.54, 1.807) is 6.92 Å². The van der Waals surface area contributed by atoms with E-state index in [2.05, 4.69) is 20.2 Å². The Morgan fingerprint density at radius 3 is 3.13 bits per heavy atom. The quantitative estimate of drug-likeness (QED) is 0.778. The van der Waals surface area contributed by atoms with Gasteiger partial charge in [0.25, 0.3) is 0 Å². The van der Waals surface area contributed by atoms with Crippen molar-refractivity contribution < 1.29 is 9.53 Å². The summed E-state index contributed by atoms with van der Waals surface area (Å²) in [6.45, 7) is 2.05. The number of rotatable bonds is 2. The Morgan fingerprint density at radius 1 is 1.60 bits per heavy atom. The Hall–Kier alpha value is -1.69. The number of fused-ring (bicyclic) bond motifs is 1. The topological polar surface area (TPSA) is 80.8 Å². The standard InChI is InChI=1S/C8H7ClN4O2/c1-2-15-7(14)5-3-4-6(10-5)12-13-8(9)11-4/h3H,2H2,1H3,(H,10,12). The largest absolute Gasteiger partial charge is 0.461 e. The van der Waals surface area contributed by atoms with E-state index in [9.17, 15) is 4.79 Å². The molecule has 2 heterocycles. The van der Waals surface area contributed by atoms with Gasteiger partial charge in [0.15, 0.2) is 5.65 Å². The third kappa shape index (κ3) is 1.89. The molecule has 0 spiro atoms. The van der Waals surface area contributed by atoms with E-state index in [1.807, 2.05) is 0 Å². The summed E-state index contributed by atoms with van der Waals surface area (Å²) in [5.41, 5.74) is 1.18. The Bertz CT molecular complexity index is 510. The highest BCUT2D eigenvalue weighted by Crippen LogP contribution is 2.12. The maximum atomic E-state index is 11.3. The van der Waals surface area contributed by atoms with Crippen LogP contribution in [0.25, 0.3) is 11.2 Å². The number of H-pyrrole nitrogens is 1. The van der Waals surface area contributed by atoms with Crippen molar-refractivity contribution in [1.29, 1.82) is 0 Å². The normalized spacial score (nSPS) is 10.5. The molecule has 0 aliphatic carbocycles. The van der Waals surface area contributed by atoms with Crippen LogP contribution in [-0.2, 0) is 4.74 Å². The van der Waals surface area contributed by atoms with E-state index in [0.29, 0.717) is 17.8 Å². The summed E-state index contributed by atoms with van der Waals surface area (Å²) in [4.78, 5) is 18.0. The molecule has 0 amide bonds. The summed E-state index contributed by atoms with van der Waals surface area (Å²) in [7, 11) is 0. The van der Waals surface area contributed by atoms with Crippen LogP contribution >= 0.6 is 11.6 Å². The first-order valence-electron chi connectivity index (χ1n) is 4.26. The summed E-state index contributed by atoms with van der Waals surface area (Å²) in [5, 5.41) is 7.32. The lowest BCUT2D eigenvalue weighted by Crippen LogP contribution is -2.04. The smallest absolute Gasteiger partial charge is 0.354 e. The number of esters is 1. The van der Waals surface area contributed by atoms with Gasteiger partial charge in [0, 0.05) is 0 Å². The molecular formula is C8H7ClN4O2. The molecule has 0 saturated carbocycles. The monoisotopic (exact) mass is 226 g/mol. The number of ether oxygens (including phenoxy) is 1. The summed E-state index contributed by atoms with van der Waals surface area (Å²) < 4.78 is 4.81. The van der Waals surface area contributed by atoms with Gasteiger partial charge in [0.2, 0.25) is 5.28 Å². The molecule has 15 heavy (non-hydrogen) atoms. The molecule has 0 saturated heterocycles. The van der Waals surface area contributed by atoms with Crippen LogP contribution in [0.1, 0.15) is 17.4 Å². The molecule has 0 fully saturated rings. The molecular weight excluding hydrogens is 220 g/mol. The molecule has 2 aromatic heterocycles. The Morgan fingerprint density at radius 2 is 2.40 bits per heavy atom. The predicted octanol–water partition coefficient (Wildman–Crippen LogP) is 1.18. The van der Waals surface area contributed by atoms with Crippen molar-refractivity contribution in [3.05, 3.63) is 17.0 Å². The minimum atomic E-state index is -0.451. The second-order valence-corrected chi connectivity index (χ2v) is 3.06. The molecule has 1 N–H and O–H groups in total. The van der Waals surface area contributed by atoms with Crippen LogP contribution in [0.4, 0.5) is 0 Å². The zero-order chi connectivity index (χ0) is 10.8. The van der Waals surface area contributed by atoms with Crippen molar-refractivity contribution in [3.8, 4) is 0 Å². The van der Waals surface area contributed by atoms with Crippen LogP contribution in [0.5, 0.6) is 0 Å². The van der Waals surface area contributed by atoms with Crippen molar-refractivity contribution in [2.45, 2.75) is 6.92 Å². The zero-order valence-electron chi connectivity index (χ0n) is 7.82. The summed E-state index contributed by atoms with van der Waals surface area (Å²) in [6, 6.07) is 1.52. The fourth-order valence-corrected chi connectivity index (χ4v) is 1.25. The molecule has 0 aliphatic rings. The summed E-state index contributed by atoms with van der Waals surface area (Å²) in [5.74, 6) is -0.451. The van der Waals surface area contributed by atoms with Crippen molar-refractivity contribution >= 4 is 28.7 Å². The third-order valence-corrected chi connectivity index (χ3v) is 1.88. The number of aromatic amines is 1. The lowest BCUT2D eigenvalue weighted by atomic mass is 10.4. The van der Waals surface area contributed by atoms with E-state index >= 15 is 0 Å². The fourth-order valence-electron chi connectivity index (χ4n) is 1.13. The third-order valence-electron chi connectivity index (χ3n) is 1.72. The van der Waals surface area contributed by atoms with Gasteiger partial charge < -0.3 is 9.72 Å². The Kier molecular flexibility index (Phi) is 2.51. The SMILES string of the molecule is CCOC(=O)c1cc2nc(Cl)nnc2[nH]1. The van der Waals surface area contributed by atoms with Gasteiger partial charge in [-0.2, -0.15) is 0 Å². The van der Waals surface area contributed by atoms with Crippen molar-refractivity contribution in [3.63, 3.8) is 0 Å². The molecule has 0 aromatic carbocycles. The van der Waals surface area contributed by atoms with Gasteiger partial charge in [-0.3, -0.25) is 0 Å². The second kappa shape index (κ2) is 3.82. The minimum absolute atomic E-state index is 0.0388. The number of hydrogen-bond acceptors (Lipinski definition) is 5. The van der Waals surface area contributed by atoms with Crippen LogP contribution in [0, 0.1) is 0 Å². The summed E-state index contributed by atoms with van der Waals surface area (Å²) in [6.07, 6.45) is 0. The highest BCUT2D eigenvalue weighted by molar-refractivity contribution is 6.28. The van der Waals surface area contributed by atoms with Gasteiger partial charge in [0.1, 0.15) is 11.2 Å². The highest BCUT2D eigenvalue weighted by atomic mass is 35.5. The summed E-state index contributed by atoms with van der Waals surface area (Å²) >= 11 is 5.55. The average molecular weight is 227 g/mol. The van der Waals surface area contributed by atoms with E-state index in [0.717, 1.165) is 0 Å². The molecule has 78 valence electrons. The van der Waals surface area contributed by atoms with E-state index in [4.69, 9.17) is 16.3 Å². The molecule has 0 atom stereocenters. The Balaban J connectivity index is 2.42. The number of nitrogens with zero attached hydrogens (tertiary/aromatic N) is 3. The highest BCUT2D eigenvalue weighted by Gasteiger charge is 2.12. The van der Waals surface area contributed by atoms with Crippen LogP contribution in [-0.4, -0.2) is 32.7 Å². The average Bonchev–Trinajstić information content (AvgIpc) is 2.60. The fraction of sp³-hybridized carbons (Fsp3) is 0.250. The molecule has 0 radical (unpaired) electrons. The van der Waals surface area contributed by atoms with Gasteiger partial charge in [-0.05, 0) is 24.6 Å². The first kappa shape index (κ1) is 9.85.